The summed E-state index contributed by atoms with van der Waals surface area (Å²) in [4.78, 5) is 23.8. The first-order chi connectivity index (χ1) is 12.7. The fourth-order valence-electron chi connectivity index (χ4n) is 3.34. The minimum atomic E-state index is -0.258. The Labute approximate surface area is 154 Å². The molecule has 1 aromatic heterocycles. The van der Waals surface area contributed by atoms with Gasteiger partial charge in [-0.2, -0.15) is 0 Å². The van der Waals surface area contributed by atoms with Crippen molar-refractivity contribution in [1.29, 1.82) is 0 Å². The molecular weight excluding hydrogens is 328 g/mol. The van der Waals surface area contributed by atoms with Crippen molar-refractivity contribution in [2.24, 2.45) is 0 Å². The summed E-state index contributed by atoms with van der Waals surface area (Å²) in [7, 11) is 0. The molecule has 1 N–H and O–H groups in total. The Morgan fingerprint density at radius 1 is 1.27 bits per heavy atom. The SMILES string of the molecule is CCOc1ccccc1NC(=O)c1ccnc(N2CCCCC2CC)n1. The monoisotopic (exact) mass is 354 g/mol. The van der Waals surface area contributed by atoms with Gasteiger partial charge in [0, 0.05) is 18.8 Å². The van der Waals surface area contributed by atoms with Crippen LogP contribution in [0.25, 0.3) is 0 Å². The van der Waals surface area contributed by atoms with E-state index in [0.29, 0.717) is 35.7 Å². The van der Waals surface area contributed by atoms with Crippen LogP contribution in [-0.2, 0) is 0 Å². The zero-order valence-corrected chi connectivity index (χ0v) is 15.4. The lowest BCUT2D eigenvalue weighted by Gasteiger charge is -2.35. The number of hydrogen-bond donors (Lipinski definition) is 1. The summed E-state index contributed by atoms with van der Waals surface area (Å²) in [6, 6.07) is 9.49. The van der Waals surface area contributed by atoms with Crippen LogP contribution in [0.4, 0.5) is 11.6 Å². The molecule has 0 radical (unpaired) electrons. The van der Waals surface area contributed by atoms with E-state index in [4.69, 9.17) is 4.74 Å². The number of piperidine rings is 1. The first-order valence-corrected chi connectivity index (χ1v) is 9.35. The first kappa shape index (κ1) is 18.2. The number of rotatable bonds is 6. The number of benzene rings is 1. The lowest BCUT2D eigenvalue weighted by Crippen LogP contribution is -2.40. The molecule has 1 unspecified atom stereocenters. The Hall–Kier alpha value is -2.63. The van der Waals surface area contributed by atoms with Crippen LogP contribution in [0.1, 0.15) is 50.0 Å². The highest BCUT2D eigenvalue weighted by Crippen LogP contribution is 2.25. The van der Waals surface area contributed by atoms with E-state index in [-0.39, 0.29) is 5.91 Å². The Balaban J connectivity index is 1.78. The molecule has 1 atom stereocenters. The molecule has 1 fully saturated rings. The van der Waals surface area contributed by atoms with Gasteiger partial charge in [-0.25, -0.2) is 9.97 Å². The van der Waals surface area contributed by atoms with E-state index < -0.39 is 0 Å². The Kier molecular flexibility index (Phi) is 6.04. The van der Waals surface area contributed by atoms with Gasteiger partial charge in [0.25, 0.3) is 5.91 Å². The lowest BCUT2D eigenvalue weighted by molar-refractivity contribution is 0.102. The van der Waals surface area contributed by atoms with Gasteiger partial charge in [0.15, 0.2) is 0 Å². The number of ether oxygens (including phenoxy) is 1. The molecule has 1 amide bonds. The maximum absolute atomic E-state index is 12.7. The fraction of sp³-hybridized carbons (Fsp3) is 0.450. The minimum Gasteiger partial charge on any atom is -0.492 e. The van der Waals surface area contributed by atoms with Crippen molar-refractivity contribution >= 4 is 17.5 Å². The molecule has 6 nitrogen and oxygen atoms in total. The summed E-state index contributed by atoms with van der Waals surface area (Å²) in [5.74, 6) is 1.04. The van der Waals surface area contributed by atoms with E-state index in [1.807, 2.05) is 31.2 Å². The van der Waals surface area contributed by atoms with Gasteiger partial charge >= 0.3 is 0 Å². The van der Waals surface area contributed by atoms with Crippen LogP contribution in [-0.4, -0.2) is 35.1 Å². The highest BCUT2D eigenvalue weighted by molar-refractivity contribution is 6.03. The van der Waals surface area contributed by atoms with E-state index in [2.05, 4.69) is 27.1 Å². The third kappa shape index (κ3) is 4.12. The van der Waals surface area contributed by atoms with Crippen LogP contribution >= 0.6 is 0 Å². The molecule has 1 aliphatic heterocycles. The third-order valence-corrected chi connectivity index (χ3v) is 4.67. The van der Waals surface area contributed by atoms with Crippen molar-refractivity contribution in [2.45, 2.75) is 45.6 Å². The van der Waals surface area contributed by atoms with Crippen LogP contribution < -0.4 is 15.0 Å². The predicted molar refractivity (Wildman–Crippen MR) is 103 cm³/mol. The van der Waals surface area contributed by atoms with Crippen LogP contribution in [0.15, 0.2) is 36.5 Å². The van der Waals surface area contributed by atoms with Gasteiger partial charge in [0.05, 0.1) is 12.3 Å². The number of nitrogens with one attached hydrogen (secondary N) is 1. The standard InChI is InChI=1S/C20H26N4O2/c1-3-15-9-7-8-14-24(15)20-21-13-12-17(23-20)19(25)22-16-10-5-6-11-18(16)26-4-2/h5-6,10-13,15H,3-4,7-9,14H2,1-2H3,(H,22,25). The number of carbonyl (C=O) groups excluding carboxylic acids is 1. The van der Waals surface area contributed by atoms with E-state index in [1.54, 1.807) is 12.3 Å². The quantitative estimate of drug-likeness (QED) is 0.852. The zero-order valence-electron chi connectivity index (χ0n) is 15.4. The highest BCUT2D eigenvalue weighted by atomic mass is 16.5. The van der Waals surface area contributed by atoms with Crippen LogP contribution in [0.2, 0.25) is 0 Å². The van der Waals surface area contributed by atoms with Crippen LogP contribution in [0.5, 0.6) is 5.75 Å². The topological polar surface area (TPSA) is 67.3 Å². The van der Waals surface area contributed by atoms with E-state index >= 15 is 0 Å². The molecule has 0 bridgehead atoms. The molecule has 1 aliphatic rings. The van der Waals surface area contributed by atoms with Gasteiger partial charge in [0.2, 0.25) is 5.95 Å². The fourth-order valence-corrected chi connectivity index (χ4v) is 3.34. The van der Waals surface area contributed by atoms with Crippen molar-refractivity contribution in [1.82, 2.24) is 9.97 Å². The number of amides is 1. The summed E-state index contributed by atoms with van der Waals surface area (Å²) in [6.07, 6.45) is 6.24. The Bertz CT molecular complexity index is 750. The molecular formula is C20H26N4O2. The smallest absolute Gasteiger partial charge is 0.274 e. The second-order valence-corrected chi connectivity index (χ2v) is 6.38. The van der Waals surface area contributed by atoms with Gasteiger partial charge < -0.3 is 15.0 Å². The number of aromatic nitrogens is 2. The molecule has 3 rings (SSSR count). The van der Waals surface area contributed by atoms with Crippen molar-refractivity contribution < 1.29 is 9.53 Å². The molecule has 6 heteroatoms. The van der Waals surface area contributed by atoms with Crippen LogP contribution in [0.3, 0.4) is 0 Å². The zero-order chi connectivity index (χ0) is 18.4. The third-order valence-electron chi connectivity index (χ3n) is 4.67. The van der Waals surface area contributed by atoms with Gasteiger partial charge in [-0.3, -0.25) is 4.79 Å². The van der Waals surface area contributed by atoms with Crippen LogP contribution in [0, 0.1) is 0 Å². The summed E-state index contributed by atoms with van der Waals surface area (Å²) in [5, 5.41) is 2.89. The summed E-state index contributed by atoms with van der Waals surface area (Å²) >= 11 is 0. The largest absolute Gasteiger partial charge is 0.492 e. The van der Waals surface area contributed by atoms with Gasteiger partial charge in [0.1, 0.15) is 11.4 Å². The maximum atomic E-state index is 12.7. The second kappa shape index (κ2) is 8.65. The molecule has 26 heavy (non-hydrogen) atoms. The number of carbonyl (C=O) groups is 1. The summed E-state index contributed by atoms with van der Waals surface area (Å²) in [5.41, 5.74) is 1.01. The number of nitrogens with zero attached hydrogens (tertiary/aromatic N) is 3. The Morgan fingerprint density at radius 3 is 2.92 bits per heavy atom. The van der Waals surface area contributed by atoms with Gasteiger partial charge in [-0.1, -0.05) is 19.1 Å². The average molecular weight is 354 g/mol. The van der Waals surface area contributed by atoms with Crippen molar-refractivity contribution in [3.05, 3.63) is 42.2 Å². The maximum Gasteiger partial charge on any atom is 0.274 e. The Morgan fingerprint density at radius 2 is 2.12 bits per heavy atom. The number of para-hydroxylation sites is 2. The summed E-state index contributed by atoms with van der Waals surface area (Å²) in [6.45, 7) is 5.58. The number of anilines is 2. The van der Waals surface area contributed by atoms with E-state index in [9.17, 15) is 4.79 Å². The second-order valence-electron chi connectivity index (χ2n) is 6.38. The normalized spacial score (nSPS) is 17.0. The van der Waals surface area contributed by atoms with E-state index in [0.717, 1.165) is 25.8 Å². The molecule has 0 saturated carbocycles. The predicted octanol–water partition coefficient (Wildman–Crippen LogP) is 3.90. The van der Waals surface area contributed by atoms with Gasteiger partial charge in [-0.05, 0) is 50.8 Å². The molecule has 0 aliphatic carbocycles. The molecule has 2 aromatic rings. The van der Waals surface area contributed by atoms with Crippen molar-refractivity contribution in [3.63, 3.8) is 0 Å². The molecule has 2 heterocycles. The minimum absolute atomic E-state index is 0.258. The van der Waals surface area contributed by atoms with Gasteiger partial charge in [-0.15, -0.1) is 0 Å². The molecule has 138 valence electrons. The average Bonchev–Trinajstić information content (AvgIpc) is 2.69. The molecule has 1 aromatic carbocycles. The molecule has 0 spiro atoms. The number of hydrogen-bond acceptors (Lipinski definition) is 5. The highest BCUT2D eigenvalue weighted by Gasteiger charge is 2.24. The first-order valence-electron chi connectivity index (χ1n) is 9.35. The summed E-state index contributed by atoms with van der Waals surface area (Å²) < 4.78 is 5.57. The molecule has 1 saturated heterocycles. The van der Waals surface area contributed by atoms with Crippen molar-refractivity contribution in [3.8, 4) is 5.75 Å². The van der Waals surface area contributed by atoms with Crippen molar-refractivity contribution in [2.75, 3.05) is 23.4 Å². The lowest BCUT2D eigenvalue weighted by atomic mass is 10.0. The van der Waals surface area contributed by atoms with E-state index in [1.165, 1.54) is 6.42 Å².